The third kappa shape index (κ3) is 2.75. The predicted molar refractivity (Wildman–Crippen MR) is 95.7 cm³/mol. The van der Waals surface area contributed by atoms with Gasteiger partial charge in [0.2, 0.25) is 5.91 Å². The van der Waals surface area contributed by atoms with Gasteiger partial charge in [0.05, 0.1) is 12.1 Å². The van der Waals surface area contributed by atoms with Gasteiger partial charge in [-0.15, -0.1) is 0 Å². The number of benzene rings is 1. The highest BCUT2D eigenvalue weighted by atomic mass is 16.5. The van der Waals surface area contributed by atoms with Gasteiger partial charge in [0.15, 0.2) is 5.58 Å². The van der Waals surface area contributed by atoms with Crippen molar-refractivity contribution in [2.75, 3.05) is 13.1 Å². The molecule has 1 aliphatic heterocycles. The Kier molecular flexibility index (Phi) is 3.69. The predicted octanol–water partition coefficient (Wildman–Crippen LogP) is 2.67. The molecule has 1 fully saturated rings. The lowest BCUT2D eigenvalue weighted by Gasteiger charge is -2.19. The Hall–Kier alpha value is -2.76. The summed E-state index contributed by atoms with van der Waals surface area (Å²) < 4.78 is 5.32. The van der Waals surface area contributed by atoms with E-state index in [4.69, 9.17) is 4.52 Å². The highest BCUT2D eigenvalue weighted by Gasteiger charge is 2.30. The van der Waals surface area contributed by atoms with Crippen LogP contribution in [0.5, 0.6) is 0 Å². The number of carbonyl (C=O) groups excluding carboxylic acids is 1. The van der Waals surface area contributed by atoms with Crippen molar-refractivity contribution in [1.29, 1.82) is 0 Å². The second-order valence-corrected chi connectivity index (χ2v) is 7.14. The molecule has 1 aromatic carbocycles. The van der Waals surface area contributed by atoms with Crippen molar-refractivity contribution in [2.45, 2.75) is 38.0 Å². The zero-order chi connectivity index (χ0) is 17.5. The zero-order valence-electron chi connectivity index (χ0n) is 14.5. The number of aromatic nitrogens is 3. The van der Waals surface area contributed by atoms with E-state index in [1.807, 2.05) is 29.2 Å². The summed E-state index contributed by atoms with van der Waals surface area (Å²) in [7, 11) is 0. The van der Waals surface area contributed by atoms with Crippen LogP contribution in [0.25, 0.3) is 11.0 Å². The molecule has 0 saturated heterocycles. The third-order valence-electron chi connectivity index (χ3n) is 5.41. The SMILES string of the molecule is O=C(Cc1noc2ccccc12)N1CCc2ncnc(C3CC3)c2CC1. The summed E-state index contributed by atoms with van der Waals surface area (Å²) in [4.78, 5) is 23.8. The van der Waals surface area contributed by atoms with Gasteiger partial charge in [-0.05, 0) is 37.0 Å². The molecular weight excluding hydrogens is 328 g/mol. The third-order valence-corrected chi connectivity index (χ3v) is 5.41. The number of carbonyl (C=O) groups is 1. The van der Waals surface area contributed by atoms with Gasteiger partial charge in [-0.2, -0.15) is 0 Å². The first-order valence-corrected chi connectivity index (χ1v) is 9.23. The molecule has 0 N–H and O–H groups in total. The fourth-order valence-electron chi connectivity index (χ4n) is 3.83. The van der Waals surface area contributed by atoms with Crippen LogP contribution in [0.15, 0.2) is 35.1 Å². The second kappa shape index (κ2) is 6.20. The first-order chi connectivity index (χ1) is 12.8. The fraction of sp³-hybridized carbons (Fsp3) is 0.400. The Labute approximate surface area is 151 Å². The van der Waals surface area contributed by atoms with E-state index in [1.165, 1.54) is 24.1 Å². The van der Waals surface area contributed by atoms with Crippen molar-refractivity contribution in [2.24, 2.45) is 0 Å². The van der Waals surface area contributed by atoms with Crippen LogP contribution >= 0.6 is 0 Å². The molecule has 0 unspecified atom stereocenters. The number of hydrogen-bond acceptors (Lipinski definition) is 5. The van der Waals surface area contributed by atoms with Crippen LogP contribution in [-0.2, 0) is 24.1 Å². The van der Waals surface area contributed by atoms with E-state index in [-0.39, 0.29) is 12.3 Å². The fourth-order valence-corrected chi connectivity index (χ4v) is 3.83. The maximum absolute atomic E-state index is 12.9. The molecule has 2 aliphatic rings. The van der Waals surface area contributed by atoms with Gasteiger partial charge in [0.25, 0.3) is 0 Å². The number of rotatable bonds is 3. The highest BCUT2D eigenvalue weighted by Crippen LogP contribution is 2.41. The van der Waals surface area contributed by atoms with Crippen molar-refractivity contribution < 1.29 is 9.32 Å². The number of fused-ring (bicyclic) bond motifs is 2. The molecule has 1 saturated carbocycles. The minimum atomic E-state index is 0.0952. The van der Waals surface area contributed by atoms with Gasteiger partial charge in [0.1, 0.15) is 12.0 Å². The van der Waals surface area contributed by atoms with Crippen LogP contribution in [0.1, 0.15) is 41.4 Å². The Balaban J connectivity index is 1.33. The van der Waals surface area contributed by atoms with E-state index in [1.54, 1.807) is 6.33 Å². The molecule has 1 aliphatic carbocycles. The summed E-state index contributed by atoms with van der Waals surface area (Å²) in [5, 5.41) is 5.01. The second-order valence-electron chi connectivity index (χ2n) is 7.14. The van der Waals surface area contributed by atoms with Crippen LogP contribution in [0.4, 0.5) is 0 Å². The van der Waals surface area contributed by atoms with E-state index in [0.717, 1.165) is 29.5 Å². The average Bonchev–Trinajstić information content (AvgIpc) is 3.46. The van der Waals surface area contributed by atoms with Crippen LogP contribution < -0.4 is 0 Å². The van der Waals surface area contributed by atoms with Crippen molar-refractivity contribution in [3.63, 3.8) is 0 Å². The van der Waals surface area contributed by atoms with Gasteiger partial charge in [-0.1, -0.05) is 17.3 Å². The van der Waals surface area contributed by atoms with Crippen LogP contribution in [0.3, 0.4) is 0 Å². The molecular formula is C20H20N4O2. The molecule has 0 radical (unpaired) electrons. The van der Waals surface area contributed by atoms with E-state index in [0.29, 0.717) is 24.7 Å². The summed E-state index contributed by atoms with van der Waals surface area (Å²) in [5.41, 5.74) is 5.04. The number of hydrogen-bond donors (Lipinski definition) is 0. The van der Waals surface area contributed by atoms with Gasteiger partial charge >= 0.3 is 0 Å². The zero-order valence-corrected chi connectivity index (χ0v) is 14.5. The van der Waals surface area contributed by atoms with Crippen molar-refractivity contribution in [3.8, 4) is 0 Å². The van der Waals surface area contributed by atoms with Crippen LogP contribution in [-0.4, -0.2) is 39.0 Å². The highest BCUT2D eigenvalue weighted by molar-refractivity contribution is 5.86. The summed E-state index contributed by atoms with van der Waals surface area (Å²) in [6, 6.07) is 7.67. The van der Waals surface area contributed by atoms with Crippen molar-refractivity contribution in [1.82, 2.24) is 20.0 Å². The molecule has 0 atom stereocenters. The summed E-state index contributed by atoms with van der Waals surface area (Å²) in [6.07, 6.45) is 6.05. The first kappa shape index (κ1) is 15.5. The minimum absolute atomic E-state index is 0.0952. The molecule has 6 heteroatoms. The average molecular weight is 348 g/mol. The molecule has 2 aromatic heterocycles. The number of nitrogens with zero attached hydrogens (tertiary/aromatic N) is 4. The maximum Gasteiger partial charge on any atom is 0.228 e. The monoisotopic (exact) mass is 348 g/mol. The molecule has 3 heterocycles. The standard InChI is InChI=1S/C20H20N4O2/c25-19(11-17-14-3-1-2-4-18(14)26-23-17)24-9-7-15-16(8-10-24)21-12-22-20(15)13-5-6-13/h1-4,12-13H,5-11H2. The van der Waals surface area contributed by atoms with E-state index in [9.17, 15) is 4.79 Å². The molecule has 132 valence electrons. The molecule has 0 spiro atoms. The van der Waals surface area contributed by atoms with Crippen LogP contribution in [0, 0.1) is 0 Å². The molecule has 5 rings (SSSR count). The largest absolute Gasteiger partial charge is 0.356 e. The van der Waals surface area contributed by atoms with Gasteiger partial charge in [-0.25, -0.2) is 9.97 Å². The smallest absolute Gasteiger partial charge is 0.228 e. The van der Waals surface area contributed by atoms with Crippen LogP contribution in [0.2, 0.25) is 0 Å². The van der Waals surface area contributed by atoms with E-state index < -0.39 is 0 Å². The topological polar surface area (TPSA) is 72.1 Å². The lowest BCUT2D eigenvalue weighted by Crippen LogP contribution is -2.34. The first-order valence-electron chi connectivity index (χ1n) is 9.23. The maximum atomic E-state index is 12.9. The summed E-state index contributed by atoms with van der Waals surface area (Å²) in [6.45, 7) is 1.41. The van der Waals surface area contributed by atoms with Crippen molar-refractivity contribution >= 4 is 16.9 Å². The molecule has 0 bridgehead atoms. The summed E-state index contributed by atoms with van der Waals surface area (Å²) >= 11 is 0. The Morgan fingerprint density at radius 1 is 1.15 bits per heavy atom. The van der Waals surface area contributed by atoms with E-state index >= 15 is 0 Å². The number of para-hydroxylation sites is 1. The lowest BCUT2D eigenvalue weighted by atomic mass is 10.0. The summed E-state index contributed by atoms with van der Waals surface area (Å²) in [5.74, 6) is 0.702. The molecule has 3 aromatic rings. The Bertz CT molecular complexity index is 977. The number of amides is 1. The van der Waals surface area contributed by atoms with Gasteiger partial charge in [0, 0.05) is 36.5 Å². The lowest BCUT2D eigenvalue weighted by molar-refractivity contribution is -0.130. The van der Waals surface area contributed by atoms with Gasteiger partial charge in [-0.3, -0.25) is 4.79 Å². The Morgan fingerprint density at radius 2 is 2.00 bits per heavy atom. The van der Waals surface area contributed by atoms with E-state index in [2.05, 4.69) is 15.1 Å². The molecule has 6 nitrogen and oxygen atoms in total. The molecule has 26 heavy (non-hydrogen) atoms. The normalized spacial score (nSPS) is 17.2. The quantitative estimate of drug-likeness (QED) is 0.728. The van der Waals surface area contributed by atoms with Crippen molar-refractivity contribution in [3.05, 3.63) is 53.2 Å². The molecule has 1 amide bonds. The van der Waals surface area contributed by atoms with Gasteiger partial charge < -0.3 is 9.42 Å². The Morgan fingerprint density at radius 3 is 2.88 bits per heavy atom. The minimum Gasteiger partial charge on any atom is -0.356 e.